The van der Waals surface area contributed by atoms with Crippen molar-refractivity contribution in [2.75, 3.05) is 6.54 Å². The highest BCUT2D eigenvalue weighted by Gasteiger charge is 2.29. The van der Waals surface area contributed by atoms with Crippen molar-refractivity contribution in [1.82, 2.24) is 5.32 Å². The number of aromatic carboxylic acids is 1. The summed E-state index contributed by atoms with van der Waals surface area (Å²) in [5, 5.41) is 21.4. The SMILES string of the molecule is O=C(O)c1ccc(F)c(CNCC(O)C2CC2)c1. The minimum absolute atomic E-state index is 0.0657. The van der Waals surface area contributed by atoms with Gasteiger partial charge in [-0.05, 0) is 37.0 Å². The molecule has 5 heteroatoms. The van der Waals surface area contributed by atoms with E-state index in [0.29, 0.717) is 18.0 Å². The van der Waals surface area contributed by atoms with Gasteiger partial charge in [0.25, 0.3) is 0 Å². The highest BCUT2D eigenvalue weighted by molar-refractivity contribution is 5.87. The van der Waals surface area contributed by atoms with E-state index in [2.05, 4.69) is 5.32 Å². The maximum atomic E-state index is 13.4. The van der Waals surface area contributed by atoms with Gasteiger partial charge in [-0.25, -0.2) is 9.18 Å². The summed E-state index contributed by atoms with van der Waals surface area (Å²) >= 11 is 0. The maximum absolute atomic E-state index is 13.4. The molecule has 0 spiro atoms. The molecular weight excluding hydrogens is 237 g/mol. The van der Waals surface area contributed by atoms with Crippen LogP contribution in [0.5, 0.6) is 0 Å². The van der Waals surface area contributed by atoms with Crippen LogP contribution in [0, 0.1) is 11.7 Å². The van der Waals surface area contributed by atoms with Gasteiger partial charge in [-0.1, -0.05) is 0 Å². The second-order valence-electron chi connectivity index (χ2n) is 4.65. The molecule has 18 heavy (non-hydrogen) atoms. The third kappa shape index (κ3) is 3.27. The Balaban J connectivity index is 1.91. The topological polar surface area (TPSA) is 69.6 Å². The minimum atomic E-state index is -1.07. The Kier molecular flexibility index (Phi) is 3.93. The molecule has 1 unspecified atom stereocenters. The summed E-state index contributed by atoms with van der Waals surface area (Å²) in [6.07, 6.45) is 1.70. The van der Waals surface area contributed by atoms with Crippen molar-refractivity contribution in [1.29, 1.82) is 0 Å². The number of carboxylic acid groups (broad SMARTS) is 1. The lowest BCUT2D eigenvalue weighted by Crippen LogP contribution is -2.28. The molecule has 0 aromatic heterocycles. The molecule has 1 saturated carbocycles. The first-order valence-electron chi connectivity index (χ1n) is 5.98. The van der Waals surface area contributed by atoms with Gasteiger partial charge in [0.15, 0.2) is 0 Å². The van der Waals surface area contributed by atoms with E-state index in [9.17, 15) is 14.3 Å². The first-order chi connectivity index (χ1) is 8.58. The molecule has 1 aromatic carbocycles. The Morgan fingerprint density at radius 1 is 1.50 bits per heavy atom. The molecule has 2 rings (SSSR count). The number of aliphatic hydroxyl groups is 1. The van der Waals surface area contributed by atoms with Crippen LogP contribution in [-0.2, 0) is 6.54 Å². The molecule has 0 saturated heterocycles. The van der Waals surface area contributed by atoms with Crippen LogP contribution >= 0.6 is 0 Å². The predicted octanol–water partition coefficient (Wildman–Crippen LogP) is 1.38. The lowest BCUT2D eigenvalue weighted by Gasteiger charge is -2.11. The molecular formula is C13H16FNO3. The lowest BCUT2D eigenvalue weighted by molar-refractivity contribution is 0.0696. The number of aliphatic hydroxyl groups excluding tert-OH is 1. The van der Waals surface area contributed by atoms with Gasteiger partial charge in [0.05, 0.1) is 11.7 Å². The van der Waals surface area contributed by atoms with E-state index in [1.807, 2.05) is 0 Å². The Hall–Kier alpha value is -1.46. The van der Waals surface area contributed by atoms with Crippen molar-refractivity contribution in [2.24, 2.45) is 5.92 Å². The predicted molar refractivity (Wildman–Crippen MR) is 63.8 cm³/mol. The van der Waals surface area contributed by atoms with E-state index in [0.717, 1.165) is 18.9 Å². The van der Waals surface area contributed by atoms with Crippen LogP contribution in [0.3, 0.4) is 0 Å². The molecule has 1 atom stereocenters. The van der Waals surface area contributed by atoms with Crippen LogP contribution in [0.2, 0.25) is 0 Å². The van der Waals surface area contributed by atoms with Crippen LogP contribution in [0.4, 0.5) is 4.39 Å². The monoisotopic (exact) mass is 253 g/mol. The van der Waals surface area contributed by atoms with Crippen molar-refractivity contribution >= 4 is 5.97 Å². The second-order valence-corrected chi connectivity index (χ2v) is 4.65. The molecule has 0 amide bonds. The van der Waals surface area contributed by atoms with Crippen molar-refractivity contribution in [3.05, 3.63) is 35.1 Å². The zero-order valence-corrected chi connectivity index (χ0v) is 9.90. The van der Waals surface area contributed by atoms with E-state index in [-0.39, 0.29) is 12.1 Å². The van der Waals surface area contributed by atoms with Crippen LogP contribution in [0.15, 0.2) is 18.2 Å². The van der Waals surface area contributed by atoms with Gasteiger partial charge in [-0.2, -0.15) is 0 Å². The maximum Gasteiger partial charge on any atom is 0.335 e. The number of carboxylic acids is 1. The molecule has 4 nitrogen and oxygen atoms in total. The highest BCUT2D eigenvalue weighted by atomic mass is 19.1. The highest BCUT2D eigenvalue weighted by Crippen LogP contribution is 2.32. The average Bonchev–Trinajstić information content (AvgIpc) is 3.15. The third-order valence-corrected chi connectivity index (χ3v) is 3.13. The zero-order chi connectivity index (χ0) is 13.1. The quantitative estimate of drug-likeness (QED) is 0.716. The Morgan fingerprint density at radius 3 is 2.83 bits per heavy atom. The van der Waals surface area contributed by atoms with Gasteiger partial charge in [-0.3, -0.25) is 0 Å². The molecule has 1 aromatic rings. The van der Waals surface area contributed by atoms with Crippen molar-refractivity contribution in [3.63, 3.8) is 0 Å². The summed E-state index contributed by atoms with van der Waals surface area (Å²) in [5.74, 6) is -1.14. The summed E-state index contributed by atoms with van der Waals surface area (Å²) < 4.78 is 13.4. The van der Waals surface area contributed by atoms with Crippen LogP contribution in [0.1, 0.15) is 28.8 Å². The first kappa shape index (κ1) is 13.0. The second kappa shape index (κ2) is 5.46. The number of rotatable bonds is 6. The zero-order valence-electron chi connectivity index (χ0n) is 9.90. The van der Waals surface area contributed by atoms with Gasteiger partial charge in [-0.15, -0.1) is 0 Å². The molecule has 98 valence electrons. The fraction of sp³-hybridized carbons (Fsp3) is 0.462. The molecule has 1 aliphatic carbocycles. The Morgan fingerprint density at radius 2 is 2.22 bits per heavy atom. The van der Waals surface area contributed by atoms with E-state index < -0.39 is 17.9 Å². The number of nitrogens with one attached hydrogen (secondary N) is 1. The van der Waals surface area contributed by atoms with Crippen molar-refractivity contribution < 1.29 is 19.4 Å². The van der Waals surface area contributed by atoms with E-state index in [1.165, 1.54) is 12.1 Å². The number of hydrogen-bond acceptors (Lipinski definition) is 3. The summed E-state index contributed by atoms with van der Waals surface area (Å²) in [4.78, 5) is 10.8. The number of halogens is 1. The molecule has 3 N–H and O–H groups in total. The molecule has 0 heterocycles. The minimum Gasteiger partial charge on any atom is -0.478 e. The Bertz CT molecular complexity index is 446. The van der Waals surface area contributed by atoms with Crippen LogP contribution < -0.4 is 5.32 Å². The summed E-state index contributed by atoms with van der Waals surface area (Å²) in [5.41, 5.74) is 0.369. The number of carbonyl (C=O) groups is 1. The van der Waals surface area contributed by atoms with Gasteiger partial charge >= 0.3 is 5.97 Å². The van der Waals surface area contributed by atoms with Crippen molar-refractivity contribution in [3.8, 4) is 0 Å². The fourth-order valence-electron chi connectivity index (χ4n) is 1.85. The smallest absolute Gasteiger partial charge is 0.335 e. The van der Waals surface area contributed by atoms with E-state index in [1.54, 1.807) is 0 Å². The average molecular weight is 253 g/mol. The summed E-state index contributed by atoms with van der Waals surface area (Å²) in [6.45, 7) is 0.623. The van der Waals surface area contributed by atoms with Gasteiger partial charge in [0, 0.05) is 18.7 Å². The largest absolute Gasteiger partial charge is 0.478 e. The standard InChI is InChI=1S/C13H16FNO3/c14-11-4-3-9(13(17)18)5-10(11)6-15-7-12(16)8-1-2-8/h3-5,8,12,15-16H,1-2,6-7H2,(H,17,18). The first-order valence-corrected chi connectivity index (χ1v) is 5.98. The van der Waals surface area contributed by atoms with Gasteiger partial charge < -0.3 is 15.5 Å². The summed E-state index contributed by atoms with van der Waals surface area (Å²) in [6, 6.07) is 3.70. The third-order valence-electron chi connectivity index (χ3n) is 3.13. The van der Waals surface area contributed by atoms with Crippen LogP contribution in [-0.4, -0.2) is 28.8 Å². The molecule has 1 aliphatic rings. The summed E-state index contributed by atoms with van der Waals surface area (Å²) in [7, 11) is 0. The fourth-order valence-corrected chi connectivity index (χ4v) is 1.85. The van der Waals surface area contributed by atoms with Crippen molar-refractivity contribution in [2.45, 2.75) is 25.5 Å². The Labute approximate surface area is 104 Å². The van der Waals surface area contributed by atoms with Gasteiger partial charge in [0.1, 0.15) is 5.82 Å². The van der Waals surface area contributed by atoms with E-state index in [4.69, 9.17) is 5.11 Å². The number of benzene rings is 1. The van der Waals surface area contributed by atoms with Crippen LogP contribution in [0.25, 0.3) is 0 Å². The van der Waals surface area contributed by atoms with Gasteiger partial charge in [0.2, 0.25) is 0 Å². The molecule has 0 radical (unpaired) electrons. The molecule has 0 aliphatic heterocycles. The number of hydrogen-bond donors (Lipinski definition) is 3. The molecule has 1 fully saturated rings. The molecule has 0 bridgehead atoms. The lowest BCUT2D eigenvalue weighted by atomic mass is 10.1. The van der Waals surface area contributed by atoms with E-state index >= 15 is 0 Å². The normalized spacial score (nSPS) is 16.6.